The number of hydrogen-bond acceptors (Lipinski definition) is 6. The lowest BCUT2D eigenvalue weighted by molar-refractivity contribution is -0.122. The summed E-state index contributed by atoms with van der Waals surface area (Å²) in [5, 5.41) is 6.94. The van der Waals surface area contributed by atoms with Crippen LogP contribution in [0.1, 0.15) is 54.8 Å². The van der Waals surface area contributed by atoms with Crippen LogP contribution in [0.4, 0.5) is 11.4 Å². The Bertz CT molecular complexity index is 1230. The van der Waals surface area contributed by atoms with Crippen LogP contribution in [-0.2, 0) is 9.59 Å². The number of rotatable bonds is 6. The van der Waals surface area contributed by atoms with E-state index in [1.165, 1.54) is 13.3 Å². The van der Waals surface area contributed by atoms with Gasteiger partial charge in [-0.15, -0.1) is 0 Å². The lowest BCUT2D eigenvalue weighted by Gasteiger charge is -2.20. The van der Waals surface area contributed by atoms with Crippen molar-refractivity contribution in [2.24, 2.45) is 5.92 Å². The zero-order valence-electron chi connectivity index (χ0n) is 18.3. The van der Waals surface area contributed by atoms with Gasteiger partial charge in [0.05, 0.1) is 5.92 Å². The summed E-state index contributed by atoms with van der Waals surface area (Å²) in [4.78, 5) is 43.3. The van der Waals surface area contributed by atoms with Crippen molar-refractivity contribution in [3.05, 3.63) is 60.0 Å². The standard InChI is InChI=1S/C25H24N4O4/c1-15(30)17-7-3-9-20(11-17)26-24(32)19-13-22(31)29(14-19)21-10-4-8-18(12-21)23-27-25(33-28-23)16-5-2-6-16/h3-4,7-12,16,19H,2,5-6,13-14H2,1H3,(H,26,32). The van der Waals surface area contributed by atoms with Crippen LogP contribution >= 0.6 is 0 Å². The summed E-state index contributed by atoms with van der Waals surface area (Å²) in [5.41, 5.74) is 2.53. The van der Waals surface area contributed by atoms with Crippen molar-refractivity contribution >= 4 is 29.0 Å². The van der Waals surface area contributed by atoms with Gasteiger partial charge in [0.2, 0.25) is 23.5 Å². The van der Waals surface area contributed by atoms with Gasteiger partial charge in [0.15, 0.2) is 5.78 Å². The maximum absolute atomic E-state index is 12.8. The third kappa shape index (κ3) is 4.28. The van der Waals surface area contributed by atoms with E-state index >= 15 is 0 Å². The van der Waals surface area contributed by atoms with Gasteiger partial charge in [0, 0.05) is 41.4 Å². The summed E-state index contributed by atoms with van der Waals surface area (Å²) in [5.74, 6) is 0.603. The number of nitrogens with zero attached hydrogens (tertiary/aromatic N) is 3. The molecule has 5 rings (SSSR count). The number of nitrogens with one attached hydrogen (secondary N) is 1. The molecule has 8 nitrogen and oxygen atoms in total. The van der Waals surface area contributed by atoms with E-state index in [4.69, 9.17) is 4.52 Å². The number of benzene rings is 2. The van der Waals surface area contributed by atoms with Gasteiger partial charge in [-0.05, 0) is 44.0 Å². The van der Waals surface area contributed by atoms with Gasteiger partial charge in [0.25, 0.3) is 0 Å². The maximum Gasteiger partial charge on any atom is 0.230 e. The molecule has 1 unspecified atom stereocenters. The Kier molecular flexibility index (Phi) is 5.50. The molecule has 2 aromatic carbocycles. The molecule has 1 aromatic heterocycles. The van der Waals surface area contributed by atoms with Gasteiger partial charge in [-0.25, -0.2) is 0 Å². The van der Waals surface area contributed by atoms with E-state index < -0.39 is 5.92 Å². The number of ketones is 1. The van der Waals surface area contributed by atoms with Crippen molar-refractivity contribution in [2.75, 3.05) is 16.8 Å². The highest BCUT2D eigenvalue weighted by atomic mass is 16.5. The molecule has 8 heteroatoms. The van der Waals surface area contributed by atoms with Crippen LogP contribution in [0.15, 0.2) is 53.1 Å². The minimum atomic E-state index is -0.488. The summed E-state index contributed by atoms with van der Waals surface area (Å²) in [6.07, 6.45) is 3.46. The molecule has 1 aliphatic heterocycles. The Balaban J connectivity index is 1.29. The molecule has 1 N–H and O–H groups in total. The van der Waals surface area contributed by atoms with Crippen molar-refractivity contribution < 1.29 is 18.9 Å². The molecule has 3 aromatic rings. The van der Waals surface area contributed by atoms with Crippen molar-refractivity contribution in [3.8, 4) is 11.4 Å². The van der Waals surface area contributed by atoms with Crippen molar-refractivity contribution in [1.29, 1.82) is 0 Å². The van der Waals surface area contributed by atoms with Gasteiger partial charge >= 0.3 is 0 Å². The van der Waals surface area contributed by atoms with Crippen LogP contribution in [0.5, 0.6) is 0 Å². The highest BCUT2D eigenvalue weighted by molar-refractivity contribution is 6.04. The smallest absolute Gasteiger partial charge is 0.230 e. The van der Waals surface area contributed by atoms with Crippen LogP contribution in [-0.4, -0.2) is 34.3 Å². The van der Waals surface area contributed by atoms with E-state index in [2.05, 4.69) is 15.5 Å². The zero-order chi connectivity index (χ0) is 22.9. The second-order valence-corrected chi connectivity index (χ2v) is 8.67. The highest BCUT2D eigenvalue weighted by Crippen LogP contribution is 2.36. The van der Waals surface area contributed by atoms with E-state index in [1.807, 2.05) is 24.3 Å². The summed E-state index contributed by atoms with van der Waals surface area (Å²) in [6, 6.07) is 14.2. The normalized spacial score (nSPS) is 18.3. The molecule has 1 saturated carbocycles. The summed E-state index contributed by atoms with van der Waals surface area (Å²) >= 11 is 0. The molecule has 33 heavy (non-hydrogen) atoms. The second-order valence-electron chi connectivity index (χ2n) is 8.67. The Morgan fingerprint density at radius 1 is 1.12 bits per heavy atom. The van der Waals surface area contributed by atoms with Crippen LogP contribution in [0, 0.1) is 5.92 Å². The SMILES string of the molecule is CC(=O)c1cccc(NC(=O)C2CC(=O)N(c3cccc(-c4noc(C5CCC5)n4)c3)C2)c1. The predicted octanol–water partition coefficient (Wildman–Crippen LogP) is 4.20. The van der Waals surface area contributed by atoms with E-state index in [0.717, 1.165) is 18.4 Å². The van der Waals surface area contributed by atoms with Crippen LogP contribution in [0.2, 0.25) is 0 Å². The molecule has 0 spiro atoms. The Labute approximate surface area is 191 Å². The highest BCUT2D eigenvalue weighted by Gasteiger charge is 2.35. The third-order valence-electron chi connectivity index (χ3n) is 6.34. The monoisotopic (exact) mass is 444 g/mol. The molecule has 168 valence electrons. The first-order valence-corrected chi connectivity index (χ1v) is 11.1. The molecule has 0 radical (unpaired) electrons. The molecular formula is C25H24N4O4. The molecule has 2 heterocycles. The van der Waals surface area contributed by atoms with Crippen LogP contribution < -0.4 is 10.2 Å². The van der Waals surface area contributed by atoms with Crippen molar-refractivity contribution in [1.82, 2.24) is 10.1 Å². The fourth-order valence-corrected chi connectivity index (χ4v) is 4.18. The quantitative estimate of drug-likeness (QED) is 0.571. The Hall–Kier alpha value is -3.81. The number of amides is 2. The molecule has 1 atom stereocenters. The molecule has 1 aliphatic carbocycles. The van der Waals surface area contributed by atoms with Crippen LogP contribution in [0.25, 0.3) is 11.4 Å². The van der Waals surface area contributed by atoms with Crippen molar-refractivity contribution in [2.45, 2.75) is 38.5 Å². The fourth-order valence-electron chi connectivity index (χ4n) is 4.18. The summed E-state index contributed by atoms with van der Waals surface area (Å²) in [7, 11) is 0. The van der Waals surface area contributed by atoms with E-state index in [-0.39, 0.29) is 30.6 Å². The van der Waals surface area contributed by atoms with E-state index in [9.17, 15) is 14.4 Å². The first-order chi connectivity index (χ1) is 16.0. The Morgan fingerprint density at radius 3 is 2.70 bits per heavy atom. The third-order valence-corrected chi connectivity index (χ3v) is 6.34. The van der Waals surface area contributed by atoms with Crippen molar-refractivity contribution in [3.63, 3.8) is 0 Å². The first kappa shape index (κ1) is 21.1. The Morgan fingerprint density at radius 2 is 1.94 bits per heavy atom. The number of carbonyl (C=O) groups is 3. The maximum atomic E-state index is 12.8. The van der Waals surface area contributed by atoms with Gasteiger partial charge in [0.1, 0.15) is 0 Å². The minimum Gasteiger partial charge on any atom is -0.339 e. The van der Waals surface area contributed by atoms with E-state index in [0.29, 0.717) is 34.6 Å². The fraction of sp³-hybridized carbons (Fsp3) is 0.320. The molecule has 2 amide bonds. The van der Waals surface area contributed by atoms with Gasteiger partial charge in [-0.2, -0.15) is 4.98 Å². The van der Waals surface area contributed by atoms with Gasteiger partial charge in [-0.1, -0.05) is 35.8 Å². The summed E-state index contributed by atoms with van der Waals surface area (Å²) < 4.78 is 5.42. The van der Waals surface area contributed by atoms with E-state index in [1.54, 1.807) is 29.2 Å². The molecular weight excluding hydrogens is 420 g/mol. The van der Waals surface area contributed by atoms with Gasteiger partial charge in [-0.3, -0.25) is 14.4 Å². The first-order valence-electron chi connectivity index (χ1n) is 11.1. The minimum absolute atomic E-state index is 0.0744. The zero-order valence-corrected chi connectivity index (χ0v) is 18.3. The lowest BCUT2D eigenvalue weighted by Crippen LogP contribution is -2.28. The second kappa shape index (κ2) is 8.61. The number of hydrogen-bond donors (Lipinski definition) is 1. The van der Waals surface area contributed by atoms with Crippen LogP contribution in [0.3, 0.4) is 0 Å². The molecule has 2 fully saturated rings. The molecule has 1 saturated heterocycles. The topological polar surface area (TPSA) is 105 Å². The average Bonchev–Trinajstić information content (AvgIpc) is 3.40. The number of Topliss-reactive ketones (excluding diaryl/α,β-unsaturated/α-hetero) is 1. The number of anilines is 2. The molecule has 2 aliphatic rings. The average molecular weight is 444 g/mol. The number of carbonyl (C=O) groups excluding carboxylic acids is 3. The predicted molar refractivity (Wildman–Crippen MR) is 122 cm³/mol. The molecule has 0 bridgehead atoms. The number of aromatic nitrogens is 2. The summed E-state index contributed by atoms with van der Waals surface area (Å²) in [6.45, 7) is 1.76. The lowest BCUT2D eigenvalue weighted by atomic mass is 9.85. The van der Waals surface area contributed by atoms with Gasteiger partial charge < -0.3 is 14.7 Å². The largest absolute Gasteiger partial charge is 0.339 e.